The fraction of sp³-hybridized carbons (Fsp3) is 0. The molecule has 3 aromatic rings. The average Bonchev–Trinajstić information content (AvgIpc) is 2.39. The Morgan fingerprint density at radius 2 is 1.74 bits per heavy atom. The summed E-state index contributed by atoms with van der Waals surface area (Å²) in [6, 6.07) is 15.6. The maximum Gasteiger partial charge on any atom is 2.00 e. The van der Waals surface area contributed by atoms with Crippen LogP contribution in [0.4, 0.5) is 0 Å². The molecule has 0 aliphatic heterocycles. The minimum Gasteiger partial charge on any atom is -1.00 e. The van der Waals surface area contributed by atoms with Crippen LogP contribution < -0.4 is 5.43 Å². The number of hydrogen-bond donors (Lipinski definition) is 1. The predicted molar refractivity (Wildman–Crippen MR) is 77.6 cm³/mol. The van der Waals surface area contributed by atoms with Crippen molar-refractivity contribution in [1.82, 2.24) is 0 Å². The summed E-state index contributed by atoms with van der Waals surface area (Å²) in [5.41, 5.74) is 0.981. The van der Waals surface area contributed by atoms with Crippen molar-refractivity contribution >= 4 is 21.1 Å². The van der Waals surface area contributed by atoms with Crippen molar-refractivity contribution in [3.63, 3.8) is 0 Å². The zero-order chi connectivity index (χ0) is 12.5. The SMILES string of the molecule is O=c1cc(-c2ccccc2)oc2cccc(O)c12.[Be+2].[H-].[H-]. The van der Waals surface area contributed by atoms with Gasteiger partial charge in [-0.3, -0.25) is 4.79 Å². The fourth-order valence-electron chi connectivity index (χ4n) is 1.94. The zero-order valence-corrected chi connectivity index (χ0v) is 10.2. The summed E-state index contributed by atoms with van der Waals surface area (Å²) in [4.78, 5) is 12.0. The Bertz CT molecular complexity index is 773. The molecule has 1 aromatic heterocycles. The Labute approximate surface area is 116 Å². The molecule has 0 spiro atoms. The molecule has 0 unspecified atom stereocenters. The van der Waals surface area contributed by atoms with E-state index in [0.717, 1.165) is 5.56 Å². The maximum absolute atomic E-state index is 12.0. The van der Waals surface area contributed by atoms with Gasteiger partial charge in [0.1, 0.15) is 22.5 Å². The second-order valence-corrected chi connectivity index (χ2v) is 3.99. The Morgan fingerprint density at radius 3 is 2.47 bits per heavy atom. The van der Waals surface area contributed by atoms with E-state index in [9.17, 15) is 9.90 Å². The molecule has 0 saturated heterocycles. The van der Waals surface area contributed by atoms with Gasteiger partial charge in [0.15, 0.2) is 5.43 Å². The van der Waals surface area contributed by atoms with Gasteiger partial charge in [0.05, 0.1) is 0 Å². The third-order valence-electron chi connectivity index (χ3n) is 2.79. The molecular formula is C15H12BeO3. The van der Waals surface area contributed by atoms with Crippen molar-refractivity contribution in [3.05, 3.63) is 64.8 Å². The molecule has 0 amide bonds. The van der Waals surface area contributed by atoms with Gasteiger partial charge in [-0.1, -0.05) is 36.4 Å². The molecule has 0 aliphatic carbocycles. The average molecular weight is 249 g/mol. The first-order valence-corrected chi connectivity index (χ1v) is 5.57. The van der Waals surface area contributed by atoms with Crippen LogP contribution in [0, 0.1) is 0 Å². The molecule has 19 heavy (non-hydrogen) atoms. The normalized spacial score (nSPS) is 10.1. The monoisotopic (exact) mass is 249 g/mol. The molecule has 3 nitrogen and oxygen atoms in total. The summed E-state index contributed by atoms with van der Waals surface area (Å²) in [7, 11) is 0. The van der Waals surface area contributed by atoms with Gasteiger partial charge in [0, 0.05) is 11.6 Å². The van der Waals surface area contributed by atoms with Gasteiger partial charge < -0.3 is 12.4 Å². The Balaban J connectivity index is 0.00000133. The topological polar surface area (TPSA) is 50.4 Å². The van der Waals surface area contributed by atoms with E-state index in [4.69, 9.17) is 4.42 Å². The number of fused-ring (bicyclic) bond motifs is 1. The van der Waals surface area contributed by atoms with Gasteiger partial charge >= 0.3 is 10.1 Å². The van der Waals surface area contributed by atoms with E-state index in [2.05, 4.69) is 0 Å². The van der Waals surface area contributed by atoms with Crippen LogP contribution in [0.15, 0.2) is 63.8 Å². The van der Waals surface area contributed by atoms with Crippen LogP contribution in [-0.4, -0.2) is 15.2 Å². The summed E-state index contributed by atoms with van der Waals surface area (Å²) in [5.74, 6) is 0.444. The van der Waals surface area contributed by atoms with Gasteiger partial charge in [-0.25, -0.2) is 0 Å². The van der Waals surface area contributed by atoms with E-state index < -0.39 is 0 Å². The van der Waals surface area contributed by atoms with E-state index in [0.29, 0.717) is 11.3 Å². The van der Waals surface area contributed by atoms with Crippen molar-refractivity contribution in [2.45, 2.75) is 0 Å². The second-order valence-electron chi connectivity index (χ2n) is 3.99. The second kappa shape index (κ2) is 5.09. The van der Waals surface area contributed by atoms with Gasteiger partial charge in [-0.2, -0.15) is 0 Å². The summed E-state index contributed by atoms with van der Waals surface area (Å²) in [6.07, 6.45) is 0. The molecule has 0 fully saturated rings. The minimum absolute atomic E-state index is 0. The fourth-order valence-corrected chi connectivity index (χ4v) is 1.94. The Kier molecular flexibility index (Phi) is 3.50. The minimum atomic E-state index is -0.242. The van der Waals surface area contributed by atoms with E-state index in [1.807, 2.05) is 30.3 Å². The van der Waals surface area contributed by atoms with Crippen LogP contribution in [0.3, 0.4) is 0 Å². The summed E-state index contributed by atoms with van der Waals surface area (Å²) in [6.45, 7) is 0. The van der Waals surface area contributed by atoms with E-state index >= 15 is 0 Å². The summed E-state index contributed by atoms with van der Waals surface area (Å²) < 4.78 is 5.65. The third kappa shape index (κ3) is 2.28. The Morgan fingerprint density at radius 1 is 1.00 bits per heavy atom. The number of phenolic OH excluding ortho intramolecular Hbond substituents is 1. The van der Waals surface area contributed by atoms with Crippen molar-refractivity contribution < 1.29 is 12.4 Å². The molecule has 0 radical (unpaired) electrons. The molecule has 2 aromatic carbocycles. The molecule has 1 N–H and O–H groups in total. The quantitative estimate of drug-likeness (QED) is 0.674. The Hall–Kier alpha value is -2.38. The number of benzene rings is 2. The van der Waals surface area contributed by atoms with Crippen LogP contribution in [0.25, 0.3) is 22.3 Å². The third-order valence-corrected chi connectivity index (χ3v) is 2.79. The molecule has 0 aliphatic rings. The van der Waals surface area contributed by atoms with Crippen LogP contribution in [0.2, 0.25) is 0 Å². The standard InChI is InChI=1S/C15H10O3.Be.2H/c16-11-7-4-8-13-15(11)12(17)9-14(18-13)10-5-2-1-3-6-10;;;/h1-9,16H;;;/q;+2;2*-1. The van der Waals surface area contributed by atoms with E-state index in [1.165, 1.54) is 12.1 Å². The van der Waals surface area contributed by atoms with E-state index in [1.54, 1.807) is 12.1 Å². The molecule has 92 valence electrons. The zero-order valence-electron chi connectivity index (χ0n) is 12.2. The first kappa shape index (κ1) is 13.1. The van der Waals surface area contributed by atoms with E-state index in [-0.39, 0.29) is 29.5 Å². The summed E-state index contributed by atoms with van der Waals surface area (Å²) >= 11 is 0. The molecule has 0 atom stereocenters. The maximum atomic E-state index is 12.0. The smallest absolute Gasteiger partial charge is 1.00 e. The largest absolute Gasteiger partial charge is 2.00 e. The van der Waals surface area contributed by atoms with Crippen molar-refractivity contribution in [2.24, 2.45) is 0 Å². The number of hydrogen-bond acceptors (Lipinski definition) is 3. The van der Waals surface area contributed by atoms with Crippen LogP contribution in [0.1, 0.15) is 2.85 Å². The van der Waals surface area contributed by atoms with Crippen LogP contribution in [0.5, 0.6) is 5.75 Å². The number of aromatic hydroxyl groups is 1. The van der Waals surface area contributed by atoms with Crippen LogP contribution in [-0.2, 0) is 0 Å². The number of phenols is 1. The molecule has 3 rings (SSSR count). The van der Waals surface area contributed by atoms with Crippen molar-refractivity contribution in [2.75, 3.05) is 0 Å². The van der Waals surface area contributed by atoms with Gasteiger partial charge in [-0.05, 0) is 12.1 Å². The molecule has 1 heterocycles. The molecule has 0 saturated carbocycles. The number of rotatable bonds is 1. The van der Waals surface area contributed by atoms with Gasteiger partial charge in [0.25, 0.3) is 0 Å². The first-order chi connectivity index (χ1) is 8.75. The molecule has 0 bridgehead atoms. The van der Waals surface area contributed by atoms with Crippen molar-refractivity contribution in [3.8, 4) is 17.1 Å². The van der Waals surface area contributed by atoms with Gasteiger partial charge in [-0.15, -0.1) is 0 Å². The first-order valence-electron chi connectivity index (χ1n) is 5.57. The molecule has 4 heteroatoms. The van der Waals surface area contributed by atoms with Gasteiger partial charge in [0.2, 0.25) is 0 Å². The van der Waals surface area contributed by atoms with Crippen molar-refractivity contribution in [1.29, 1.82) is 0 Å². The van der Waals surface area contributed by atoms with Crippen LogP contribution >= 0.6 is 0 Å². The summed E-state index contributed by atoms with van der Waals surface area (Å²) in [5, 5.41) is 9.87. The molecular weight excluding hydrogens is 237 g/mol. The predicted octanol–water partition coefficient (Wildman–Crippen LogP) is 3.01.